The first kappa shape index (κ1) is 21.3. The van der Waals surface area contributed by atoms with Gasteiger partial charge in [-0.25, -0.2) is 15.0 Å². The zero-order chi connectivity index (χ0) is 44.7. The van der Waals surface area contributed by atoms with E-state index in [2.05, 4.69) is 24.3 Å². The van der Waals surface area contributed by atoms with Crippen molar-refractivity contribution in [2.75, 3.05) is 0 Å². The smallest absolute Gasteiger partial charge is 0.164 e. The summed E-state index contributed by atoms with van der Waals surface area (Å²) in [7, 11) is 0. The van der Waals surface area contributed by atoms with E-state index >= 15 is 0 Å². The summed E-state index contributed by atoms with van der Waals surface area (Å²) >= 11 is 0. The summed E-state index contributed by atoms with van der Waals surface area (Å²) in [5.41, 5.74) is 3.55. The van der Waals surface area contributed by atoms with Crippen LogP contribution in [0.3, 0.4) is 0 Å². The average Bonchev–Trinajstić information content (AvgIpc) is 3.74. The quantitative estimate of drug-likeness (QED) is 0.174. The number of hydrogen-bond donors (Lipinski definition) is 0. The van der Waals surface area contributed by atoms with Gasteiger partial charge in [-0.05, 0) is 68.3 Å². The second kappa shape index (κ2) is 12.9. The molecule has 10 aromatic rings. The van der Waals surface area contributed by atoms with Gasteiger partial charge in [-0.15, -0.1) is 0 Å². The maximum Gasteiger partial charge on any atom is 0.164 e. The molecule has 0 unspecified atom stereocenters. The van der Waals surface area contributed by atoms with Crippen LogP contribution in [0.4, 0.5) is 0 Å². The number of rotatable bonds is 6. The first-order valence-electron chi connectivity index (χ1n) is 22.4. The van der Waals surface area contributed by atoms with Gasteiger partial charge in [0.15, 0.2) is 17.5 Å². The Morgan fingerprint density at radius 3 is 1.72 bits per heavy atom. The third-order valence-electron chi connectivity index (χ3n) is 9.11. The van der Waals surface area contributed by atoms with Crippen LogP contribution in [0.5, 0.6) is 0 Å². The molecule has 8 aromatic carbocycles. The molecule has 10 rings (SSSR count). The van der Waals surface area contributed by atoms with Crippen LogP contribution in [-0.2, 0) is 0 Å². The summed E-state index contributed by atoms with van der Waals surface area (Å²) in [6.07, 6.45) is 0. The van der Waals surface area contributed by atoms with Gasteiger partial charge >= 0.3 is 0 Å². The van der Waals surface area contributed by atoms with Crippen molar-refractivity contribution in [1.29, 1.82) is 0 Å². The molecule has 0 N–H and O–H groups in total. The van der Waals surface area contributed by atoms with Crippen LogP contribution in [0.25, 0.3) is 100 Å². The van der Waals surface area contributed by atoms with Crippen molar-refractivity contribution in [1.82, 2.24) is 15.0 Å². The van der Waals surface area contributed by atoms with Gasteiger partial charge in [0.2, 0.25) is 0 Å². The van der Waals surface area contributed by atoms with E-state index in [1.54, 1.807) is 0 Å². The summed E-state index contributed by atoms with van der Waals surface area (Å²) in [6.45, 7) is 0. The topological polar surface area (TPSA) is 51.8 Å². The molecule has 2 heterocycles. The summed E-state index contributed by atoms with van der Waals surface area (Å²) in [5.74, 6) is 0.363. The Morgan fingerprint density at radius 1 is 0.358 bits per heavy atom. The van der Waals surface area contributed by atoms with Crippen LogP contribution in [-0.4, -0.2) is 15.0 Å². The highest BCUT2D eigenvalue weighted by Crippen LogP contribution is 2.36. The summed E-state index contributed by atoms with van der Waals surface area (Å²) in [6, 6.07) is 32.9. The van der Waals surface area contributed by atoms with Crippen molar-refractivity contribution in [2.45, 2.75) is 0 Å². The number of hydrogen-bond acceptors (Lipinski definition) is 4. The molecule has 0 radical (unpaired) electrons. The van der Waals surface area contributed by atoms with Gasteiger partial charge in [0.05, 0.1) is 15.1 Å². The van der Waals surface area contributed by atoms with Crippen molar-refractivity contribution in [3.05, 3.63) is 188 Å². The molecule has 0 spiro atoms. The Labute approximate surface area is 322 Å². The molecular formula is C49H31N3O. The van der Waals surface area contributed by atoms with Crippen LogP contribution in [0, 0.1) is 0 Å². The second-order valence-corrected chi connectivity index (χ2v) is 12.4. The molecule has 0 bridgehead atoms. The van der Waals surface area contributed by atoms with Crippen LogP contribution in [0.2, 0.25) is 0 Å². The highest BCUT2D eigenvalue weighted by Gasteiger charge is 2.16. The highest BCUT2D eigenvalue weighted by atomic mass is 16.3. The van der Waals surface area contributed by atoms with E-state index in [1.165, 1.54) is 0 Å². The Hall–Kier alpha value is -7.17. The van der Waals surface area contributed by atoms with Gasteiger partial charge in [0.25, 0.3) is 0 Å². The van der Waals surface area contributed by atoms with E-state index in [-0.39, 0.29) is 45.0 Å². The van der Waals surface area contributed by atoms with Crippen molar-refractivity contribution < 1.29 is 19.5 Å². The summed E-state index contributed by atoms with van der Waals surface area (Å²) in [5, 5.41) is 1.81. The number of nitrogens with zero attached hydrogens (tertiary/aromatic N) is 3. The lowest BCUT2D eigenvalue weighted by molar-refractivity contribution is 0.669. The Morgan fingerprint density at radius 2 is 0.962 bits per heavy atom. The van der Waals surface area contributed by atoms with E-state index in [9.17, 15) is 5.48 Å². The fraction of sp³-hybridized carbons (Fsp3) is 0. The van der Waals surface area contributed by atoms with E-state index in [0.29, 0.717) is 11.1 Å². The van der Waals surface area contributed by atoms with Crippen LogP contribution >= 0.6 is 0 Å². The van der Waals surface area contributed by atoms with Crippen LogP contribution in [0.15, 0.2) is 192 Å². The third-order valence-corrected chi connectivity index (χ3v) is 9.11. The number of benzene rings is 8. The molecule has 0 aliphatic heterocycles. The molecular weight excluding hydrogens is 647 g/mol. The van der Waals surface area contributed by atoms with Gasteiger partial charge < -0.3 is 4.42 Å². The molecule has 0 saturated heterocycles. The molecule has 0 fully saturated rings. The van der Waals surface area contributed by atoms with E-state index in [4.69, 9.17) is 29.0 Å². The minimum Gasteiger partial charge on any atom is -0.456 e. The molecule has 0 aliphatic rings. The molecule has 4 nitrogen and oxygen atoms in total. The number of fused-ring (bicyclic) bond motifs is 4. The predicted octanol–water partition coefficient (Wildman–Crippen LogP) is 12.9. The van der Waals surface area contributed by atoms with E-state index < -0.39 is 77.6 Å². The Balaban J connectivity index is 1.17. The van der Waals surface area contributed by atoms with Crippen LogP contribution < -0.4 is 0 Å². The SMILES string of the molecule is [2H]c1c([2H])c([2H])c(-c2c([2H])c([2H])c3oc4c([2H])c(-c5nc(-c6ccc(-c7ccccc7)cc6)nc(-c6ccc(-c7cccc8ccccc78)cc6)n5)c([2H])c([2H])c4c3c2[2H])c([2H])c1[2H]. The van der Waals surface area contributed by atoms with Gasteiger partial charge in [-0.1, -0.05) is 164 Å². The standard InChI is InChI=1S/C49H31N3O/c1-3-10-32(11-4-1)34-18-22-37(23-19-34)47-50-48(38-24-20-36(21-25-38)42-17-9-15-35-14-7-8-16-41(35)42)52-49(51-47)40-26-28-43-44-30-39(33-12-5-2-6-13-33)27-29-45(44)53-46(43)31-40/h1-31H/i2D,5D,6D,12D,13D,26D,27D,28D,29D,30D,31D. The maximum absolute atomic E-state index is 9.47. The lowest BCUT2D eigenvalue weighted by atomic mass is 9.97. The molecule has 4 heteroatoms. The fourth-order valence-corrected chi connectivity index (χ4v) is 6.47. The predicted molar refractivity (Wildman–Crippen MR) is 217 cm³/mol. The van der Waals surface area contributed by atoms with Crippen molar-refractivity contribution >= 4 is 32.7 Å². The molecule has 0 atom stereocenters. The molecule has 0 saturated carbocycles. The summed E-state index contributed by atoms with van der Waals surface area (Å²) < 4.78 is 103. The average molecular weight is 689 g/mol. The van der Waals surface area contributed by atoms with Crippen molar-refractivity contribution in [3.8, 4) is 67.5 Å². The first-order chi connectivity index (χ1) is 30.8. The van der Waals surface area contributed by atoms with Crippen LogP contribution in [0.1, 0.15) is 15.1 Å². The van der Waals surface area contributed by atoms with Gasteiger partial charge in [-0.3, -0.25) is 0 Å². The second-order valence-electron chi connectivity index (χ2n) is 12.4. The lowest BCUT2D eigenvalue weighted by Crippen LogP contribution is -2.00. The third kappa shape index (κ3) is 5.73. The molecule has 0 aliphatic carbocycles. The Bertz CT molecular complexity index is 3530. The first-order valence-corrected chi connectivity index (χ1v) is 16.9. The van der Waals surface area contributed by atoms with Crippen molar-refractivity contribution in [3.63, 3.8) is 0 Å². The molecule has 248 valence electrons. The minimum atomic E-state index is -0.685. The largest absolute Gasteiger partial charge is 0.456 e. The van der Waals surface area contributed by atoms with Gasteiger partial charge in [-0.2, -0.15) is 0 Å². The fourth-order valence-electron chi connectivity index (χ4n) is 6.47. The monoisotopic (exact) mass is 688 g/mol. The zero-order valence-corrected chi connectivity index (χ0v) is 27.8. The minimum absolute atomic E-state index is 0.102. The maximum atomic E-state index is 9.47. The van der Waals surface area contributed by atoms with E-state index in [1.807, 2.05) is 97.1 Å². The molecule has 0 amide bonds. The highest BCUT2D eigenvalue weighted by molar-refractivity contribution is 6.07. The van der Waals surface area contributed by atoms with E-state index in [0.717, 1.165) is 33.0 Å². The number of furan rings is 1. The number of aromatic nitrogens is 3. The Kier molecular flexibility index (Phi) is 5.16. The molecule has 2 aromatic heterocycles. The molecule has 53 heavy (non-hydrogen) atoms. The summed E-state index contributed by atoms with van der Waals surface area (Å²) in [4.78, 5) is 14.5. The van der Waals surface area contributed by atoms with Gasteiger partial charge in [0.1, 0.15) is 11.2 Å². The zero-order valence-electron chi connectivity index (χ0n) is 38.8. The van der Waals surface area contributed by atoms with Gasteiger partial charge in [0, 0.05) is 27.5 Å². The van der Waals surface area contributed by atoms with Crippen molar-refractivity contribution in [2.24, 2.45) is 0 Å². The normalized spacial score (nSPS) is 14.3. The lowest BCUT2D eigenvalue weighted by Gasteiger charge is -2.10.